The first-order valence-corrected chi connectivity index (χ1v) is 13.4. The molecule has 5 heterocycles. The first-order valence-electron chi connectivity index (χ1n) is 13.4. The normalized spacial score (nSPS) is 18.0. The lowest BCUT2D eigenvalue weighted by Gasteiger charge is -2.30. The molecule has 0 saturated carbocycles. The zero-order valence-electron chi connectivity index (χ0n) is 21.9. The standard InChI is InChI=1S/C29H31N5O4.ClH/c1-18-13-25-23(31-28(35)26-15-30-27(34(25)26)19-5-9-37-10-6-19)14-21(18)29(36)33-16-20-3-2-4-24(22(20)17-33)32-7-11-38-12-8-32;/h2-4,13-15,19H,5-12,16-17H2,1H3,(H,31,35);1H. The van der Waals surface area contributed by atoms with Crippen molar-refractivity contribution in [1.82, 2.24) is 19.3 Å². The van der Waals surface area contributed by atoms with Crippen molar-refractivity contribution in [2.24, 2.45) is 0 Å². The van der Waals surface area contributed by atoms with Crippen molar-refractivity contribution < 1.29 is 14.3 Å². The molecule has 204 valence electrons. The first-order chi connectivity index (χ1) is 18.6. The van der Waals surface area contributed by atoms with Gasteiger partial charge in [0.25, 0.3) is 11.5 Å². The van der Waals surface area contributed by atoms with Gasteiger partial charge in [0.15, 0.2) is 0 Å². The van der Waals surface area contributed by atoms with Crippen LogP contribution in [0.25, 0.3) is 16.6 Å². The van der Waals surface area contributed by atoms with Gasteiger partial charge in [-0.15, -0.1) is 12.4 Å². The number of hydrogen-bond donors (Lipinski definition) is 1. The number of halogens is 1. The molecule has 2 saturated heterocycles. The van der Waals surface area contributed by atoms with E-state index in [9.17, 15) is 9.59 Å². The van der Waals surface area contributed by atoms with Crippen molar-refractivity contribution in [3.05, 3.63) is 75.0 Å². The van der Waals surface area contributed by atoms with Crippen LogP contribution in [0.5, 0.6) is 0 Å². The summed E-state index contributed by atoms with van der Waals surface area (Å²) in [5.41, 5.74) is 6.95. The summed E-state index contributed by atoms with van der Waals surface area (Å²) in [5, 5.41) is 0. The number of carbonyl (C=O) groups is 1. The largest absolute Gasteiger partial charge is 0.381 e. The second-order valence-electron chi connectivity index (χ2n) is 10.5. The van der Waals surface area contributed by atoms with E-state index in [4.69, 9.17) is 9.47 Å². The summed E-state index contributed by atoms with van der Waals surface area (Å²) in [6.45, 7) is 7.69. The quantitative estimate of drug-likeness (QED) is 0.418. The Morgan fingerprint density at radius 3 is 2.59 bits per heavy atom. The minimum absolute atomic E-state index is 0. The smallest absolute Gasteiger partial charge is 0.274 e. The number of aromatic nitrogens is 3. The summed E-state index contributed by atoms with van der Waals surface area (Å²) in [7, 11) is 0. The number of ether oxygens (including phenoxy) is 2. The lowest BCUT2D eigenvalue weighted by atomic mass is 9.99. The molecule has 0 spiro atoms. The molecular weight excluding hydrogens is 518 g/mol. The van der Waals surface area contributed by atoms with Gasteiger partial charge in [-0.3, -0.25) is 14.0 Å². The van der Waals surface area contributed by atoms with Gasteiger partial charge in [-0.2, -0.15) is 0 Å². The molecule has 0 atom stereocenters. The summed E-state index contributed by atoms with van der Waals surface area (Å²) < 4.78 is 13.1. The van der Waals surface area contributed by atoms with Crippen molar-refractivity contribution in [3.8, 4) is 0 Å². The van der Waals surface area contributed by atoms with Crippen LogP contribution in [0.4, 0.5) is 5.69 Å². The average molecular weight is 550 g/mol. The third kappa shape index (κ3) is 4.38. The molecule has 0 unspecified atom stereocenters. The number of amides is 1. The third-order valence-electron chi connectivity index (χ3n) is 8.27. The van der Waals surface area contributed by atoms with E-state index in [-0.39, 0.29) is 29.8 Å². The Morgan fingerprint density at radius 2 is 1.79 bits per heavy atom. The van der Waals surface area contributed by atoms with Gasteiger partial charge >= 0.3 is 0 Å². The highest BCUT2D eigenvalue weighted by Crippen LogP contribution is 2.34. The van der Waals surface area contributed by atoms with Crippen LogP contribution < -0.4 is 10.5 Å². The SMILES string of the molecule is Cc1cc2c(cc1C(=O)N1Cc3cccc(N4CCOCC4)c3C1)[nH]c(=O)c1cnc(C3CCOCC3)n12.Cl. The number of fused-ring (bicyclic) bond motifs is 4. The van der Waals surface area contributed by atoms with Gasteiger partial charge in [-0.05, 0) is 54.7 Å². The number of morpholine rings is 1. The predicted octanol–water partition coefficient (Wildman–Crippen LogP) is 3.79. The number of anilines is 1. The molecule has 2 aromatic heterocycles. The molecule has 0 aliphatic carbocycles. The monoisotopic (exact) mass is 549 g/mol. The fourth-order valence-corrected chi connectivity index (χ4v) is 6.24. The molecule has 1 amide bonds. The molecule has 1 N–H and O–H groups in total. The van der Waals surface area contributed by atoms with Gasteiger partial charge in [0.1, 0.15) is 11.3 Å². The second kappa shape index (κ2) is 10.3. The van der Waals surface area contributed by atoms with Crippen LogP contribution in [0.2, 0.25) is 0 Å². The van der Waals surface area contributed by atoms with Gasteiger partial charge in [-0.1, -0.05) is 12.1 Å². The van der Waals surface area contributed by atoms with E-state index in [2.05, 4.69) is 33.1 Å². The number of aryl methyl sites for hydroxylation is 1. The van der Waals surface area contributed by atoms with Crippen LogP contribution in [-0.4, -0.2) is 64.7 Å². The fraction of sp³-hybridized carbons (Fsp3) is 0.414. The highest BCUT2D eigenvalue weighted by atomic mass is 35.5. The Balaban J connectivity index is 0.00000277. The number of benzene rings is 2. The Labute approximate surface area is 232 Å². The maximum Gasteiger partial charge on any atom is 0.274 e. The molecule has 3 aliphatic rings. The van der Waals surface area contributed by atoms with Crippen LogP contribution in [0.15, 0.2) is 41.3 Å². The minimum atomic E-state index is -0.200. The van der Waals surface area contributed by atoms with Crippen molar-refractivity contribution in [2.45, 2.75) is 38.8 Å². The van der Waals surface area contributed by atoms with E-state index >= 15 is 0 Å². The lowest BCUT2D eigenvalue weighted by Crippen LogP contribution is -2.37. The maximum atomic E-state index is 13.8. The summed E-state index contributed by atoms with van der Waals surface area (Å²) in [5.74, 6) is 1.11. The number of imidazole rings is 1. The first kappa shape index (κ1) is 25.9. The molecule has 9 nitrogen and oxygen atoms in total. The average Bonchev–Trinajstić information content (AvgIpc) is 3.59. The van der Waals surface area contributed by atoms with E-state index in [1.54, 1.807) is 6.20 Å². The molecular formula is C29H32ClN5O4. The number of carbonyl (C=O) groups excluding carboxylic acids is 1. The highest BCUT2D eigenvalue weighted by Gasteiger charge is 2.30. The number of aromatic amines is 1. The molecule has 2 aromatic carbocycles. The molecule has 39 heavy (non-hydrogen) atoms. The fourth-order valence-electron chi connectivity index (χ4n) is 6.24. The molecule has 7 rings (SSSR count). The molecule has 0 radical (unpaired) electrons. The second-order valence-corrected chi connectivity index (χ2v) is 10.5. The van der Waals surface area contributed by atoms with E-state index < -0.39 is 0 Å². The van der Waals surface area contributed by atoms with Crippen molar-refractivity contribution >= 4 is 40.6 Å². The Hall–Kier alpha value is -3.40. The number of H-pyrrole nitrogens is 1. The van der Waals surface area contributed by atoms with Gasteiger partial charge in [0, 0.05) is 56.6 Å². The summed E-state index contributed by atoms with van der Waals surface area (Å²) in [6.07, 6.45) is 3.42. The van der Waals surface area contributed by atoms with Crippen LogP contribution in [0, 0.1) is 6.92 Å². The number of rotatable bonds is 3. The molecule has 10 heteroatoms. The molecule has 4 aromatic rings. The van der Waals surface area contributed by atoms with Gasteiger partial charge in [-0.25, -0.2) is 4.98 Å². The van der Waals surface area contributed by atoms with Crippen LogP contribution in [0.1, 0.15) is 51.6 Å². The van der Waals surface area contributed by atoms with Gasteiger partial charge in [0.05, 0.1) is 30.4 Å². The van der Waals surface area contributed by atoms with Crippen molar-refractivity contribution in [1.29, 1.82) is 0 Å². The zero-order chi connectivity index (χ0) is 25.8. The van der Waals surface area contributed by atoms with Gasteiger partial charge < -0.3 is 24.3 Å². The van der Waals surface area contributed by atoms with E-state index in [1.807, 2.05) is 28.4 Å². The molecule has 2 fully saturated rings. The lowest BCUT2D eigenvalue weighted by molar-refractivity contribution is 0.0750. The number of hydrogen-bond acceptors (Lipinski definition) is 6. The third-order valence-corrected chi connectivity index (χ3v) is 8.27. The zero-order valence-corrected chi connectivity index (χ0v) is 22.8. The molecule has 0 bridgehead atoms. The van der Waals surface area contributed by atoms with Crippen molar-refractivity contribution in [3.63, 3.8) is 0 Å². The summed E-state index contributed by atoms with van der Waals surface area (Å²) in [6, 6.07) is 10.2. The van der Waals surface area contributed by atoms with Crippen LogP contribution in [-0.2, 0) is 22.6 Å². The summed E-state index contributed by atoms with van der Waals surface area (Å²) in [4.78, 5) is 38.8. The number of nitrogens with zero attached hydrogens (tertiary/aromatic N) is 4. The topological polar surface area (TPSA) is 92.2 Å². The van der Waals surface area contributed by atoms with E-state index in [0.29, 0.717) is 42.9 Å². The number of nitrogens with one attached hydrogen (secondary N) is 1. The van der Waals surface area contributed by atoms with E-state index in [1.165, 1.54) is 16.8 Å². The highest BCUT2D eigenvalue weighted by molar-refractivity contribution is 5.99. The van der Waals surface area contributed by atoms with Gasteiger partial charge in [0.2, 0.25) is 0 Å². The minimum Gasteiger partial charge on any atom is -0.381 e. The summed E-state index contributed by atoms with van der Waals surface area (Å²) >= 11 is 0. The predicted molar refractivity (Wildman–Crippen MR) is 151 cm³/mol. The Bertz CT molecular complexity index is 1620. The molecule has 3 aliphatic heterocycles. The Kier molecular flexibility index (Phi) is 6.82. The van der Waals surface area contributed by atoms with Crippen LogP contribution >= 0.6 is 12.4 Å². The Morgan fingerprint density at radius 1 is 1.03 bits per heavy atom. The van der Waals surface area contributed by atoms with E-state index in [0.717, 1.165) is 56.0 Å². The van der Waals surface area contributed by atoms with Crippen LogP contribution in [0.3, 0.4) is 0 Å². The maximum absolute atomic E-state index is 13.8. The van der Waals surface area contributed by atoms with Crippen molar-refractivity contribution in [2.75, 3.05) is 44.4 Å².